The summed E-state index contributed by atoms with van der Waals surface area (Å²) in [6, 6.07) is 11.4. The normalized spacial score (nSPS) is 17.1. The van der Waals surface area contributed by atoms with Gasteiger partial charge in [-0.2, -0.15) is 0 Å². The molecular formula is C24H25ClN6O2S. The van der Waals surface area contributed by atoms with Crippen LogP contribution in [0.5, 0.6) is 0 Å². The molecule has 10 heteroatoms. The number of amides is 1. The molecule has 1 saturated heterocycles. The van der Waals surface area contributed by atoms with Crippen LogP contribution in [0.2, 0.25) is 4.34 Å². The van der Waals surface area contributed by atoms with Crippen molar-refractivity contribution in [2.24, 2.45) is 0 Å². The summed E-state index contributed by atoms with van der Waals surface area (Å²) in [5.41, 5.74) is 8.57. The van der Waals surface area contributed by atoms with Crippen LogP contribution in [0.25, 0.3) is 21.5 Å². The molecule has 0 radical (unpaired) electrons. The monoisotopic (exact) mass is 496 g/mol. The minimum absolute atomic E-state index is 0.143. The van der Waals surface area contributed by atoms with Crippen LogP contribution >= 0.6 is 22.9 Å². The van der Waals surface area contributed by atoms with Crippen molar-refractivity contribution >= 4 is 45.6 Å². The Morgan fingerprint density at radius 3 is 2.85 bits per heavy atom. The zero-order valence-corrected chi connectivity index (χ0v) is 20.3. The van der Waals surface area contributed by atoms with Gasteiger partial charge in [-0.1, -0.05) is 36.2 Å². The van der Waals surface area contributed by atoms with Gasteiger partial charge >= 0.3 is 0 Å². The molecule has 0 spiro atoms. The van der Waals surface area contributed by atoms with E-state index in [-0.39, 0.29) is 11.9 Å². The first-order valence-corrected chi connectivity index (χ1v) is 12.4. The molecule has 4 aromatic rings. The number of benzene rings is 1. The first-order chi connectivity index (χ1) is 16.5. The molecule has 8 nitrogen and oxygen atoms in total. The molecule has 0 bridgehead atoms. The fourth-order valence-corrected chi connectivity index (χ4v) is 5.40. The molecule has 34 heavy (non-hydrogen) atoms. The lowest BCUT2D eigenvalue weighted by molar-refractivity contribution is -0.143. The van der Waals surface area contributed by atoms with Crippen LogP contribution in [-0.4, -0.2) is 50.0 Å². The molecule has 1 aliphatic rings. The lowest BCUT2D eigenvalue weighted by Crippen LogP contribution is -2.56. The van der Waals surface area contributed by atoms with Crippen molar-refractivity contribution in [2.75, 3.05) is 18.8 Å². The number of anilines is 1. The lowest BCUT2D eigenvalue weighted by Gasteiger charge is -2.40. The second kappa shape index (κ2) is 9.69. The number of hydrogen-bond donors (Lipinski definition) is 1. The van der Waals surface area contributed by atoms with Crippen molar-refractivity contribution in [1.82, 2.24) is 24.9 Å². The molecule has 1 atom stereocenters. The number of nitrogen functional groups attached to an aromatic ring is 1. The fraction of sp³-hybridized carbons (Fsp3) is 0.333. The number of nitrogens with zero attached hydrogens (tertiary/aromatic N) is 5. The average Bonchev–Trinajstić information content (AvgIpc) is 3.47. The number of aromatic nitrogens is 3. The summed E-state index contributed by atoms with van der Waals surface area (Å²) in [5, 5.41) is 5.06. The maximum absolute atomic E-state index is 13.4. The zero-order valence-electron chi connectivity index (χ0n) is 18.8. The number of halogens is 1. The highest BCUT2D eigenvalue weighted by atomic mass is 35.5. The van der Waals surface area contributed by atoms with Crippen molar-refractivity contribution in [3.8, 4) is 10.6 Å². The summed E-state index contributed by atoms with van der Waals surface area (Å²) < 4.78 is 6.24. The Labute approximate surface area is 206 Å². The lowest BCUT2D eigenvalue weighted by atomic mass is 10.0. The van der Waals surface area contributed by atoms with E-state index in [1.54, 1.807) is 0 Å². The number of fused-ring (bicyclic) bond motifs is 1. The molecule has 1 amide bonds. The van der Waals surface area contributed by atoms with E-state index >= 15 is 0 Å². The number of carbonyl (C=O) groups is 1. The Balaban J connectivity index is 1.29. The predicted octanol–water partition coefficient (Wildman–Crippen LogP) is 4.60. The number of nitrogens with two attached hydrogens (primary N) is 1. The second-order valence-corrected chi connectivity index (χ2v) is 10.1. The standard InChI is InChI=1S/C24H25ClN6O2S/c1-2-3-19-24(32)31(12-15-4-5-17-18(10-15)27-14-28-23(17)26)9-8-30(19)13-16-11-20(33-29-16)21-6-7-22(25)34-21/h4-7,10-11,14,19H,2-3,8-9,12-13H2,1H3,(H2,26,27,28). The first-order valence-electron chi connectivity index (χ1n) is 11.2. The SMILES string of the molecule is CCCC1C(=O)N(Cc2ccc3c(N)ncnc3c2)CCN1Cc1cc(-c2ccc(Cl)s2)on1. The topological polar surface area (TPSA) is 101 Å². The molecule has 4 heterocycles. The van der Waals surface area contributed by atoms with Crippen LogP contribution in [0, 0.1) is 0 Å². The van der Waals surface area contributed by atoms with Crippen molar-refractivity contribution in [2.45, 2.75) is 38.9 Å². The molecule has 1 unspecified atom stereocenters. The minimum atomic E-state index is -0.187. The summed E-state index contributed by atoms with van der Waals surface area (Å²) in [7, 11) is 0. The number of thiophene rings is 1. The van der Waals surface area contributed by atoms with E-state index in [1.165, 1.54) is 17.7 Å². The van der Waals surface area contributed by atoms with E-state index in [9.17, 15) is 4.79 Å². The van der Waals surface area contributed by atoms with E-state index in [2.05, 4.69) is 26.9 Å². The molecule has 1 aliphatic heterocycles. The van der Waals surface area contributed by atoms with E-state index in [1.807, 2.05) is 41.3 Å². The minimum Gasteiger partial charge on any atom is -0.383 e. The summed E-state index contributed by atoms with van der Waals surface area (Å²) in [6.07, 6.45) is 3.18. The highest BCUT2D eigenvalue weighted by molar-refractivity contribution is 7.19. The van der Waals surface area contributed by atoms with Gasteiger partial charge in [0.15, 0.2) is 5.76 Å². The van der Waals surface area contributed by atoms with Gasteiger partial charge in [0.2, 0.25) is 5.91 Å². The molecule has 1 aromatic carbocycles. The van der Waals surface area contributed by atoms with Crippen LogP contribution in [0.3, 0.4) is 0 Å². The first kappa shape index (κ1) is 22.8. The third-order valence-corrected chi connectivity index (χ3v) is 7.35. The van der Waals surface area contributed by atoms with E-state index in [0.29, 0.717) is 35.5 Å². The molecule has 0 aliphatic carbocycles. The number of rotatable bonds is 7. The molecule has 3 aromatic heterocycles. The second-order valence-electron chi connectivity index (χ2n) is 8.43. The largest absolute Gasteiger partial charge is 0.383 e. The third-order valence-electron chi connectivity index (χ3n) is 6.10. The van der Waals surface area contributed by atoms with Gasteiger partial charge in [0, 0.05) is 37.6 Å². The highest BCUT2D eigenvalue weighted by Crippen LogP contribution is 2.32. The van der Waals surface area contributed by atoms with Gasteiger partial charge in [-0.05, 0) is 36.2 Å². The van der Waals surface area contributed by atoms with Crippen molar-refractivity contribution < 1.29 is 9.32 Å². The van der Waals surface area contributed by atoms with Crippen molar-refractivity contribution in [1.29, 1.82) is 0 Å². The van der Waals surface area contributed by atoms with E-state index in [0.717, 1.165) is 46.4 Å². The van der Waals surface area contributed by atoms with Gasteiger partial charge in [0.25, 0.3) is 0 Å². The molecule has 5 rings (SSSR count). The third kappa shape index (κ3) is 4.64. The van der Waals surface area contributed by atoms with Crippen molar-refractivity contribution in [3.05, 3.63) is 58.3 Å². The van der Waals surface area contributed by atoms with Crippen LogP contribution in [-0.2, 0) is 17.9 Å². The smallest absolute Gasteiger partial charge is 0.240 e. The van der Waals surface area contributed by atoms with Gasteiger partial charge in [-0.25, -0.2) is 9.97 Å². The summed E-state index contributed by atoms with van der Waals surface area (Å²) in [4.78, 5) is 26.9. The van der Waals surface area contributed by atoms with Crippen LogP contribution in [0.15, 0.2) is 47.2 Å². The molecule has 0 saturated carbocycles. The van der Waals surface area contributed by atoms with Gasteiger partial charge in [0.1, 0.15) is 12.1 Å². The van der Waals surface area contributed by atoms with Crippen LogP contribution in [0.4, 0.5) is 5.82 Å². The molecule has 1 fully saturated rings. The van der Waals surface area contributed by atoms with Crippen molar-refractivity contribution in [3.63, 3.8) is 0 Å². The maximum atomic E-state index is 13.4. The number of piperazine rings is 1. The summed E-state index contributed by atoms with van der Waals surface area (Å²) in [6.45, 7) is 4.63. The number of hydrogen-bond acceptors (Lipinski definition) is 8. The number of carbonyl (C=O) groups excluding carboxylic acids is 1. The van der Waals surface area contributed by atoms with E-state index in [4.69, 9.17) is 21.9 Å². The van der Waals surface area contributed by atoms with E-state index < -0.39 is 0 Å². The maximum Gasteiger partial charge on any atom is 0.240 e. The van der Waals surface area contributed by atoms with Crippen LogP contribution < -0.4 is 5.73 Å². The Bertz CT molecular complexity index is 1320. The molecular weight excluding hydrogens is 472 g/mol. The summed E-state index contributed by atoms with van der Waals surface area (Å²) >= 11 is 7.50. The predicted molar refractivity (Wildman–Crippen MR) is 133 cm³/mol. The molecule has 176 valence electrons. The van der Waals surface area contributed by atoms with Gasteiger partial charge in [0.05, 0.1) is 26.5 Å². The Morgan fingerprint density at radius 2 is 2.06 bits per heavy atom. The Kier molecular flexibility index (Phi) is 6.49. The van der Waals surface area contributed by atoms with Crippen LogP contribution in [0.1, 0.15) is 31.0 Å². The average molecular weight is 497 g/mol. The summed E-state index contributed by atoms with van der Waals surface area (Å²) in [5.74, 6) is 1.30. The Hall–Kier alpha value is -3.01. The van der Waals surface area contributed by atoms with Gasteiger partial charge in [-0.15, -0.1) is 11.3 Å². The highest BCUT2D eigenvalue weighted by Gasteiger charge is 2.34. The fourth-order valence-electron chi connectivity index (χ4n) is 4.41. The quantitative estimate of drug-likeness (QED) is 0.399. The molecule has 2 N–H and O–H groups in total. The van der Waals surface area contributed by atoms with Gasteiger partial charge in [-0.3, -0.25) is 9.69 Å². The zero-order chi connectivity index (χ0) is 23.7. The Morgan fingerprint density at radius 1 is 1.18 bits per heavy atom. The van der Waals surface area contributed by atoms with Gasteiger partial charge < -0.3 is 15.2 Å².